The zero-order valence-corrected chi connectivity index (χ0v) is 22.0. The average Bonchev–Trinajstić information content (AvgIpc) is 2.89. The number of benzene rings is 2. The van der Waals surface area contributed by atoms with Crippen LogP contribution in [0.3, 0.4) is 0 Å². The Kier molecular flexibility index (Phi) is 9.90. The van der Waals surface area contributed by atoms with Gasteiger partial charge >= 0.3 is 0 Å². The molecule has 2 saturated carbocycles. The van der Waals surface area contributed by atoms with Crippen molar-refractivity contribution in [2.75, 3.05) is 0 Å². The zero-order valence-electron chi connectivity index (χ0n) is 22.0. The summed E-state index contributed by atoms with van der Waals surface area (Å²) in [6, 6.07) is 18.8. The van der Waals surface area contributed by atoms with Gasteiger partial charge in [0.25, 0.3) is 0 Å². The predicted molar refractivity (Wildman–Crippen MR) is 149 cm³/mol. The van der Waals surface area contributed by atoms with Gasteiger partial charge in [0.15, 0.2) is 0 Å². The van der Waals surface area contributed by atoms with Gasteiger partial charge in [0, 0.05) is 0 Å². The van der Waals surface area contributed by atoms with Gasteiger partial charge < -0.3 is 0 Å². The van der Waals surface area contributed by atoms with Gasteiger partial charge in [0.1, 0.15) is 0 Å². The van der Waals surface area contributed by atoms with Gasteiger partial charge in [-0.05, 0) is 110 Å². The van der Waals surface area contributed by atoms with Crippen LogP contribution < -0.4 is 0 Å². The second kappa shape index (κ2) is 13.3. The normalized spacial score (nSPS) is 25.6. The molecule has 0 aromatic heterocycles. The molecule has 0 spiro atoms. The molecule has 184 valence electrons. The average molecular weight is 457 g/mol. The van der Waals surface area contributed by atoms with Gasteiger partial charge in [-0.3, -0.25) is 0 Å². The third kappa shape index (κ3) is 7.34. The van der Waals surface area contributed by atoms with Crippen LogP contribution in [0.15, 0.2) is 60.7 Å². The molecule has 0 saturated heterocycles. The topological polar surface area (TPSA) is 0 Å². The number of hydrogen-bond donors (Lipinski definition) is 0. The lowest BCUT2D eigenvalue weighted by molar-refractivity contribution is 0.294. The summed E-state index contributed by atoms with van der Waals surface area (Å²) < 4.78 is 0. The lowest BCUT2D eigenvalue weighted by Crippen LogP contribution is -2.13. The van der Waals surface area contributed by atoms with Gasteiger partial charge in [-0.1, -0.05) is 100 Å². The van der Waals surface area contributed by atoms with Crippen molar-refractivity contribution in [3.8, 4) is 11.1 Å². The summed E-state index contributed by atoms with van der Waals surface area (Å²) >= 11 is 0. The Hall–Kier alpha value is -1.82. The quantitative estimate of drug-likeness (QED) is 0.312. The fraction of sp³-hybridized carbons (Fsp3) is 0.588. The Morgan fingerprint density at radius 3 is 1.74 bits per heavy atom. The molecule has 2 aliphatic rings. The molecular weight excluding hydrogens is 408 g/mol. The summed E-state index contributed by atoms with van der Waals surface area (Å²) in [6.45, 7) is 4.66. The second-order valence-corrected chi connectivity index (χ2v) is 11.4. The van der Waals surface area contributed by atoms with Gasteiger partial charge in [-0.15, -0.1) is 0 Å². The molecule has 0 heteroatoms. The maximum absolute atomic E-state index is 2.52. The van der Waals surface area contributed by atoms with Crippen LogP contribution in [0.2, 0.25) is 0 Å². The minimum absolute atomic E-state index is 0.781. The molecular formula is C34H48. The second-order valence-electron chi connectivity index (χ2n) is 11.4. The molecule has 0 N–H and O–H groups in total. The molecule has 2 aliphatic carbocycles. The molecule has 4 rings (SSSR count). The first kappa shape index (κ1) is 25.3. The Bertz CT molecular complexity index is 840. The van der Waals surface area contributed by atoms with Gasteiger partial charge in [0.05, 0.1) is 0 Å². The number of allylic oxidation sites excluding steroid dienone is 2. The molecule has 34 heavy (non-hydrogen) atoms. The van der Waals surface area contributed by atoms with Crippen molar-refractivity contribution in [3.63, 3.8) is 0 Å². The first-order valence-corrected chi connectivity index (χ1v) is 14.6. The van der Waals surface area contributed by atoms with Crippen molar-refractivity contribution >= 4 is 0 Å². The maximum Gasteiger partial charge on any atom is -0.0162 e. The summed E-state index contributed by atoms with van der Waals surface area (Å²) in [5.74, 6) is 3.61. The highest BCUT2D eigenvalue weighted by molar-refractivity contribution is 5.64. The Morgan fingerprint density at radius 2 is 1.18 bits per heavy atom. The minimum Gasteiger partial charge on any atom is -0.0879 e. The smallest absolute Gasteiger partial charge is 0.0162 e. The van der Waals surface area contributed by atoms with Crippen LogP contribution in [0, 0.1) is 17.8 Å². The number of hydrogen-bond acceptors (Lipinski definition) is 0. The maximum atomic E-state index is 2.52. The van der Waals surface area contributed by atoms with Crippen LogP contribution in [-0.4, -0.2) is 0 Å². The molecule has 0 nitrogen and oxygen atoms in total. The third-order valence-corrected chi connectivity index (χ3v) is 8.81. The Labute approximate surface area is 210 Å². The van der Waals surface area contributed by atoms with Crippen molar-refractivity contribution in [2.24, 2.45) is 17.8 Å². The van der Waals surface area contributed by atoms with E-state index in [1.807, 2.05) is 0 Å². The molecule has 0 radical (unpaired) electrons. The first-order chi connectivity index (χ1) is 16.7. The molecule has 0 heterocycles. The van der Waals surface area contributed by atoms with Crippen molar-refractivity contribution in [2.45, 2.75) is 110 Å². The van der Waals surface area contributed by atoms with Crippen LogP contribution in [0.1, 0.15) is 114 Å². The molecule has 2 aromatic carbocycles. The van der Waals surface area contributed by atoms with Gasteiger partial charge in [-0.25, -0.2) is 0 Å². The molecule has 0 bridgehead atoms. The van der Waals surface area contributed by atoms with E-state index in [0.29, 0.717) is 0 Å². The largest absolute Gasteiger partial charge is 0.0879 e. The van der Waals surface area contributed by atoms with Crippen molar-refractivity contribution in [3.05, 3.63) is 71.8 Å². The van der Waals surface area contributed by atoms with Crippen molar-refractivity contribution in [1.82, 2.24) is 0 Å². The summed E-state index contributed by atoms with van der Waals surface area (Å²) in [6.07, 6.45) is 24.2. The zero-order chi connectivity index (χ0) is 23.6. The fourth-order valence-electron chi connectivity index (χ4n) is 6.62. The minimum atomic E-state index is 0.781. The van der Waals surface area contributed by atoms with E-state index in [-0.39, 0.29) is 0 Å². The van der Waals surface area contributed by atoms with Gasteiger partial charge in [0.2, 0.25) is 0 Å². The van der Waals surface area contributed by atoms with E-state index in [9.17, 15) is 0 Å². The Balaban J connectivity index is 1.21. The first-order valence-electron chi connectivity index (χ1n) is 14.6. The van der Waals surface area contributed by atoms with Crippen LogP contribution in [-0.2, 0) is 6.42 Å². The molecule has 0 aliphatic heterocycles. The van der Waals surface area contributed by atoms with E-state index in [4.69, 9.17) is 0 Å². The lowest BCUT2D eigenvalue weighted by atomic mass is 9.77. The third-order valence-electron chi connectivity index (χ3n) is 8.81. The fourth-order valence-corrected chi connectivity index (χ4v) is 6.62. The predicted octanol–water partition coefficient (Wildman–Crippen LogP) is 10.5. The van der Waals surface area contributed by atoms with Gasteiger partial charge in [-0.2, -0.15) is 0 Å². The number of aryl methyl sites for hydroxylation is 1. The van der Waals surface area contributed by atoms with Crippen LogP contribution >= 0.6 is 0 Å². The van der Waals surface area contributed by atoms with Crippen LogP contribution in [0.4, 0.5) is 0 Å². The Morgan fingerprint density at radius 1 is 0.647 bits per heavy atom. The standard InChI is InChI=1S/C34H48/c1-3-7-27-11-13-29(14-12-27)9-5-6-10-30-17-21-32(22-18-30)34-25-23-33(24-26-34)31-19-15-28(8-4-2)16-20-31/h5,9,17-18,21-29,31H,3-4,6-8,10-16,19-20H2,1-2H3. The summed E-state index contributed by atoms with van der Waals surface area (Å²) in [5.41, 5.74) is 5.72. The van der Waals surface area contributed by atoms with E-state index in [0.717, 1.165) is 30.1 Å². The van der Waals surface area contributed by atoms with Crippen molar-refractivity contribution < 1.29 is 0 Å². The highest BCUT2D eigenvalue weighted by Crippen LogP contribution is 2.38. The van der Waals surface area contributed by atoms with E-state index in [1.165, 1.54) is 100 Å². The van der Waals surface area contributed by atoms with E-state index in [1.54, 1.807) is 5.56 Å². The summed E-state index contributed by atoms with van der Waals surface area (Å²) in [7, 11) is 0. The van der Waals surface area contributed by atoms with Crippen LogP contribution in [0.25, 0.3) is 11.1 Å². The van der Waals surface area contributed by atoms with E-state index in [2.05, 4.69) is 74.5 Å². The highest BCUT2D eigenvalue weighted by atomic mass is 14.3. The summed E-state index contributed by atoms with van der Waals surface area (Å²) in [5, 5.41) is 0. The molecule has 2 fully saturated rings. The molecule has 0 atom stereocenters. The molecule has 2 aromatic rings. The lowest BCUT2D eigenvalue weighted by Gasteiger charge is -2.28. The molecule has 0 unspecified atom stereocenters. The van der Waals surface area contributed by atoms with E-state index < -0.39 is 0 Å². The highest BCUT2D eigenvalue weighted by Gasteiger charge is 2.22. The SMILES string of the molecule is CCCC1CCC(C=CCCc2ccc(-c3ccc(C4CCC(CCC)CC4)cc3)cc2)CC1. The van der Waals surface area contributed by atoms with Crippen molar-refractivity contribution in [1.29, 1.82) is 0 Å². The van der Waals surface area contributed by atoms with E-state index >= 15 is 0 Å². The molecule has 0 amide bonds. The summed E-state index contributed by atoms with van der Waals surface area (Å²) in [4.78, 5) is 0. The van der Waals surface area contributed by atoms with Crippen LogP contribution in [0.5, 0.6) is 0 Å². The monoisotopic (exact) mass is 456 g/mol. The number of rotatable bonds is 10.